The number of aromatic nitrogens is 1. The van der Waals surface area contributed by atoms with E-state index in [1.165, 1.54) is 0 Å². The number of benzene rings is 1. The van der Waals surface area contributed by atoms with Gasteiger partial charge in [-0.25, -0.2) is 4.98 Å². The number of anilines is 1. The van der Waals surface area contributed by atoms with Crippen LogP contribution in [-0.2, 0) is 4.79 Å². The van der Waals surface area contributed by atoms with Crippen LogP contribution in [0.3, 0.4) is 0 Å². The molecule has 1 aromatic heterocycles. The fourth-order valence-electron chi connectivity index (χ4n) is 1.83. The highest BCUT2D eigenvalue weighted by atomic mass is 32.1. The molecule has 22 heavy (non-hydrogen) atoms. The number of carbonyl (C=O) groups is 2. The van der Waals surface area contributed by atoms with Crippen LogP contribution in [0.15, 0.2) is 24.3 Å². The lowest BCUT2D eigenvalue weighted by Crippen LogP contribution is -2.21. The van der Waals surface area contributed by atoms with E-state index in [-0.39, 0.29) is 10.8 Å². The van der Waals surface area contributed by atoms with Gasteiger partial charge in [-0.05, 0) is 38.1 Å². The van der Waals surface area contributed by atoms with Crippen LogP contribution in [-0.4, -0.2) is 24.0 Å². The minimum absolute atomic E-state index is 0.0547. The van der Waals surface area contributed by atoms with E-state index >= 15 is 0 Å². The summed E-state index contributed by atoms with van der Waals surface area (Å²) in [4.78, 5) is 27.3. The summed E-state index contributed by atoms with van der Waals surface area (Å²) in [5, 5.41) is 14.1. The van der Waals surface area contributed by atoms with Crippen LogP contribution >= 0.6 is 11.3 Å². The number of aryl methyl sites for hydroxylation is 1. The summed E-state index contributed by atoms with van der Waals surface area (Å²) in [5.41, 5.74) is 0.996. The number of thiazole rings is 1. The van der Waals surface area contributed by atoms with Crippen LogP contribution in [0.1, 0.15) is 33.2 Å². The van der Waals surface area contributed by atoms with Gasteiger partial charge in [-0.15, -0.1) is 11.3 Å². The Hall–Kier alpha value is -2.41. The quantitative estimate of drug-likeness (QED) is 0.903. The fourth-order valence-corrected chi connectivity index (χ4v) is 2.78. The largest absolute Gasteiger partial charge is 0.544 e. The maximum atomic E-state index is 12.2. The van der Waals surface area contributed by atoms with Crippen molar-refractivity contribution < 1.29 is 19.4 Å². The predicted octanol–water partition coefficient (Wildman–Crippen LogP) is 1.57. The molecule has 6 nitrogen and oxygen atoms in total. The second kappa shape index (κ2) is 6.57. The average Bonchev–Trinajstić information content (AvgIpc) is 2.89. The molecule has 0 aliphatic carbocycles. The van der Waals surface area contributed by atoms with Gasteiger partial charge in [0.25, 0.3) is 0 Å². The zero-order chi connectivity index (χ0) is 16.3. The van der Waals surface area contributed by atoms with Crippen molar-refractivity contribution in [3.8, 4) is 5.75 Å². The van der Waals surface area contributed by atoms with Gasteiger partial charge >= 0.3 is 0 Å². The number of hydrogen-bond donors (Lipinski definition) is 1. The number of carbonyl (C=O) groups excluding carboxylic acids is 2. The Morgan fingerprint density at radius 3 is 2.45 bits per heavy atom. The molecule has 1 amide bonds. The van der Waals surface area contributed by atoms with Crippen LogP contribution in [0.4, 0.5) is 5.69 Å². The van der Waals surface area contributed by atoms with Crippen molar-refractivity contribution in [2.24, 2.45) is 0 Å². The van der Waals surface area contributed by atoms with E-state index in [9.17, 15) is 14.7 Å². The summed E-state index contributed by atoms with van der Waals surface area (Å²) in [5.74, 6) is -1.40. The van der Waals surface area contributed by atoms with Gasteiger partial charge < -0.3 is 20.0 Å². The first-order chi connectivity index (χ1) is 10.4. The molecule has 7 heteroatoms. The number of ether oxygens (including phenoxy) is 1. The molecule has 0 aliphatic rings. The summed E-state index contributed by atoms with van der Waals surface area (Å²) >= 11 is 0.967. The molecule has 0 saturated carbocycles. The molecule has 0 fully saturated rings. The summed E-state index contributed by atoms with van der Waals surface area (Å²) in [6, 6.07) is 6.93. The Morgan fingerprint density at radius 1 is 1.32 bits per heavy atom. The van der Waals surface area contributed by atoms with Gasteiger partial charge in [-0.3, -0.25) is 4.79 Å². The predicted molar refractivity (Wildman–Crippen MR) is 81.2 cm³/mol. The van der Waals surface area contributed by atoms with E-state index in [1.807, 2.05) is 0 Å². The molecular weight excluding hydrogens is 304 g/mol. The number of methoxy groups -OCH3 is 1. The number of nitrogens with one attached hydrogen (secondary N) is 1. The molecule has 0 saturated heterocycles. The second-order valence-electron chi connectivity index (χ2n) is 4.69. The van der Waals surface area contributed by atoms with Crippen molar-refractivity contribution >= 4 is 28.9 Å². The van der Waals surface area contributed by atoms with Crippen LogP contribution in [0.25, 0.3) is 0 Å². The van der Waals surface area contributed by atoms with Gasteiger partial charge in [-0.1, -0.05) is 0 Å². The Bertz CT molecular complexity index is 694. The normalized spacial score (nSPS) is 11.8. The first kappa shape index (κ1) is 16.0. The van der Waals surface area contributed by atoms with Crippen LogP contribution in [0, 0.1) is 6.92 Å². The van der Waals surface area contributed by atoms with Crippen LogP contribution in [0.5, 0.6) is 5.75 Å². The van der Waals surface area contributed by atoms with Crippen molar-refractivity contribution in [1.29, 1.82) is 0 Å². The van der Waals surface area contributed by atoms with Crippen molar-refractivity contribution in [3.05, 3.63) is 39.8 Å². The number of rotatable bonds is 5. The Labute approximate surface area is 131 Å². The van der Waals surface area contributed by atoms with E-state index in [1.54, 1.807) is 45.2 Å². The smallest absolute Gasteiger partial charge is 0.234 e. The lowest BCUT2D eigenvalue weighted by Gasteiger charge is -2.10. The molecule has 0 aliphatic heterocycles. The molecule has 1 heterocycles. The second-order valence-corrected chi connectivity index (χ2v) is 5.72. The minimum atomic E-state index is -1.27. The van der Waals surface area contributed by atoms with Crippen LogP contribution < -0.4 is 15.2 Å². The highest BCUT2D eigenvalue weighted by Gasteiger charge is 2.21. The monoisotopic (exact) mass is 319 g/mol. The zero-order valence-corrected chi connectivity index (χ0v) is 13.2. The van der Waals surface area contributed by atoms with Gasteiger partial charge in [0, 0.05) is 5.69 Å². The van der Waals surface area contributed by atoms with Gasteiger partial charge in [-0.2, -0.15) is 0 Å². The van der Waals surface area contributed by atoms with Gasteiger partial charge in [0.2, 0.25) is 5.91 Å². The molecule has 116 valence electrons. The fraction of sp³-hybridized carbons (Fsp3) is 0.267. The van der Waals surface area contributed by atoms with Gasteiger partial charge in [0.1, 0.15) is 10.8 Å². The Kier molecular flexibility index (Phi) is 4.77. The number of aromatic carboxylic acids is 1. The Morgan fingerprint density at radius 2 is 1.95 bits per heavy atom. The Balaban J connectivity index is 2.11. The SMILES string of the molecule is COc1ccc(NC(=O)[C@@H](C)c2nc(C)c(C(=O)[O-])s2)cc1. The first-order valence-corrected chi connectivity index (χ1v) is 7.37. The number of carboxylic acids is 1. The van der Waals surface area contributed by atoms with E-state index in [4.69, 9.17) is 4.74 Å². The van der Waals surface area contributed by atoms with Crippen molar-refractivity contribution in [2.45, 2.75) is 19.8 Å². The van der Waals surface area contributed by atoms with Crippen molar-refractivity contribution in [2.75, 3.05) is 12.4 Å². The van der Waals surface area contributed by atoms with Crippen LogP contribution in [0.2, 0.25) is 0 Å². The molecular formula is C15H15N2O4S-. The van der Waals surface area contributed by atoms with E-state index in [2.05, 4.69) is 10.3 Å². The molecule has 1 atom stereocenters. The molecule has 2 rings (SSSR count). The minimum Gasteiger partial charge on any atom is -0.544 e. The third kappa shape index (κ3) is 3.43. The third-order valence-electron chi connectivity index (χ3n) is 3.12. The molecule has 0 spiro atoms. The third-order valence-corrected chi connectivity index (χ3v) is 4.44. The molecule has 0 bridgehead atoms. The standard InChI is InChI=1S/C15H16N2O4S/c1-8(14-16-9(2)12(22-14)15(19)20)13(18)17-10-4-6-11(21-3)7-5-10/h4-8H,1-3H3,(H,17,18)(H,19,20)/p-1/t8-/m1/s1. The molecule has 0 unspecified atom stereocenters. The molecule has 1 N–H and O–H groups in total. The van der Waals surface area contributed by atoms with E-state index < -0.39 is 11.9 Å². The summed E-state index contributed by atoms with van der Waals surface area (Å²) < 4.78 is 5.05. The maximum absolute atomic E-state index is 12.2. The van der Waals surface area contributed by atoms with Crippen molar-refractivity contribution in [3.63, 3.8) is 0 Å². The molecule has 2 aromatic rings. The highest BCUT2D eigenvalue weighted by Crippen LogP contribution is 2.26. The van der Waals surface area contributed by atoms with Gasteiger partial charge in [0.05, 0.1) is 29.6 Å². The summed E-state index contributed by atoms with van der Waals surface area (Å²) in [6.07, 6.45) is 0. The highest BCUT2D eigenvalue weighted by molar-refractivity contribution is 7.13. The first-order valence-electron chi connectivity index (χ1n) is 6.56. The summed E-state index contributed by atoms with van der Waals surface area (Å²) in [7, 11) is 1.56. The van der Waals surface area contributed by atoms with Crippen molar-refractivity contribution in [1.82, 2.24) is 4.98 Å². The number of hydrogen-bond acceptors (Lipinski definition) is 6. The zero-order valence-electron chi connectivity index (χ0n) is 12.4. The average molecular weight is 319 g/mol. The lowest BCUT2D eigenvalue weighted by atomic mass is 10.1. The van der Waals surface area contributed by atoms with E-state index in [0.29, 0.717) is 22.1 Å². The topological polar surface area (TPSA) is 91.3 Å². The maximum Gasteiger partial charge on any atom is 0.234 e. The van der Waals surface area contributed by atoms with Gasteiger partial charge in [0.15, 0.2) is 0 Å². The number of carboxylic acid groups (broad SMARTS) is 1. The molecule has 0 radical (unpaired) electrons. The van der Waals surface area contributed by atoms with E-state index in [0.717, 1.165) is 11.3 Å². The summed E-state index contributed by atoms with van der Waals surface area (Å²) in [6.45, 7) is 3.26. The number of nitrogens with zero attached hydrogens (tertiary/aromatic N) is 1. The number of amides is 1. The lowest BCUT2D eigenvalue weighted by molar-refractivity contribution is -0.254. The molecule has 1 aromatic carbocycles.